The van der Waals surface area contributed by atoms with Gasteiger partial charge in [0.05, 0.1) is 22.2 Å². The quantitative estimate of drug-likeness (QED) is 0.416. The van der Waals surface area contributed by atoms with Crippen LogP contribution in [0.3, 0.4) is 0 Å². The number of piperazine rings is 1. The second kappa shape index (κ2) is 11.8. The van der Waals surface area contributed by atoms with Gasteiger partial charge < -0.3 is 9.80 Å². The summed E-state index contributed by atoms with van der Waals surface area (Å²) in [4.78, 5) is 19.4. The number of anilines is 1. The van der Waals surface area contributed by atoms with Gasteiger partial charge in [-0.25, -0.2) is 0 Å². The summed E-state index contributed by atoms with van der Waals surface area (Å²) in [5.74, 6) is 0.979. The van der Waals surface area contributed by atoms with E-state index in [1.54, 1.807) is 12.1 Å². The Hall–Kier alpha value is -2.67. The van der Waals surface area contributed by atoms with E-state index in [0.29, 0.717) is 29.6 Å². The molecule has 1 aromatic heterocycles. The molecule has 35 heavy (non-hydrogen) atoms. The van der Waals surface area contributed by atoms with Crippen molar-refractivity contribution in [2.24, 2.45) is 0 Å². The number of nitrogens with zero attached hydrogens (tertiary/aromatic N) is 5. The highest BCUT2D eigenvalue weighted by Crippen LogP contribution is 2.28. The number of carbonyl (C=O) groups excluding carboxylic acids is 1. The number of aromatic nitrogens is 2. The van der Waals surface area contributed by atoms with Gasteiger partial charge in [0.1, 0.15) is 0 Å². The first-order valence-corrected chi connectivity index (χ1v) is 12.8. The highest BCUT2D eigenvalue weighted by atomic mass is 35.5. The Labute approximate surface area is 217 Å². The number of hydrogen-bond acceptors (Lipinski definition) is 5. The Kier molecular flexibility index (Phi) is 8.60. The summed E-state index contributed by atoms with van der Waals surface area (Å²) in [5.41, 5.74) is 3.95. The van der Waals surface area contributed by atoms with E-state index in [2.05, 4.69) is 58.1 Å². The second-order valence-electron chi connectivity index (χ2n) is 8.73. The lowest BCUT2D eigenvalue weighted by atomic mass is 10.1. The van der Waals surface area contributed by atoms with Crippen LogP contribution in [-0.4, -0.2) is 65.2 Å². The minimum atomic E-state index is 0.169. The minimum Gasteiger partial charge on any atom is -0.352 e. The molecule has 2 aromatic carbocycles. The molecule has 3 aromatic rings. The van der Waals surface area contributed by atoms with Crippen LogP contribution < -0.4 is 4.90 Å². The number of rotatable bonds is 8. The molecule has 1 fully saturated rings. The third kappa shape index (κ3) is 6.51. The van der Waals surface area contributed by atoms with Crippen molar-refractivity contribution in [3.05, 3.63) is 75.8 Å². The topological polar surface area (TPSA) is 52.6 Å². The number of amides is 1. The first-order chi connectivity index (χ1) is 17.0. The van der Waals surface area contributed by atoms with Crippen LogP contribution in [0.4, 0.5) is 5.82 Å². The van der Waals surface area contributed by atoms with Gasteiger partial charge in [0.15, 0.2) is 5.82 Å². The Morgan fingerprint density at radius 1 is 0.857 bits per heavy atom. The fraction of sp³-hybridized carbons (Fsp3) is 0.370. The van der Waals surface area contributed by atoms with Crippen molar-refractivity contribution in [2.75, 3.05) is 44.2 Å². The van der Waals surface area contributed by atoms with Crippen LogP contribution in [0.2, 0.25) is 10.0 Å². The Morgan fingerprint density at radius 3 is 2.14 bits per heavy atom. The zero-order chi connectivity index (χ0) is 24.8. The van der Waals surface area contributed by atoms with Gasteiger partial charge in [0.25, 0.3) is 0 Å². The van der Waals surface area contributed by atoms with Crippen LogP contribution in [0.25, 0.3) is 11.3 Å². The molecule has 0 N–H and O–H groups in total. The predicted octanol–water partition coefficient (Wildman–Crippen LogP) is 5.18. The fourth-order valence-corrected chi connectivity index (χ4v) is 4.54. The van der Waals surface area contributed by atoms with E-state index in [0.717, 1.165) is 55.4 Å². The van der Waals surface area contributed by atoms with Crippen molar-refractivity contribution >= 4 is 34.9 Å². The van der Waals surface area contributed by atoms with Crippen LogP contribution in [0.15, 0.2) is 54.6 Å². The molecule has 0 aliphatic carbocycles. The smallest absolute Gasteiger partial charge is 0.227 e. The van der Waals surface area contributed by atoms with Gasteiger partial charge in [-0.05, 0) is 48.5 Å². The zero-order valence-corrected chi connectivity index (χ0v) is 21.8. The van der Waals surface area contributed by atoms with E-state index in [1.807, 2.05) is 23.1 Å². The maximum Gasteiger partial charge on any atom is 0.227 e. The lowest BCUT2D eigenvalue weighted by molar-refractivity contribution is -0.130. The fourth-order valence-electron chi connectivity index (χ4n) is 4.24. The van der Waals surface area contributed by atoms with Crippen molar-refractivity contribution in [2.45, 2.75) is 26.8 Å². The lowest BCUT2D eigenvalue weighted by Gasteiger charge is -2.35. The average Bonchev–Trinajstić information content (AvgIpc) is 2.90. The molecule has 0 spiro atoms. The molecule has 1 aliphatic heterocycles. The number of benzene rings is 2. The first-order valence-electron chi connectivity index (χ1n) is 12.1. The Balaban J connectivity index is 1.29. The zero-order valence-electron chi connectivity index (χ0n) is 20.3. The van der Waals surface area contributed by atoms with Crippen LogP contribution in [0, 0.1) is 0 Å². The van der Waals surface area contributed by atoms with Gasteiger partial charge in [-0.2, -0.15) is 0 Å². The van der Waals surface area contributed by atoms with Crippen LogP contribution in [0.5, 0.6) is 0 Å². The molecule has 0 unspecified atom stereocenters. The summed E-state index contributed by atoms with van der Waals surface area (Å²) in [6, 6.07) is 17.8. The Morgan fingerprint density at radius 2 is 1.54 bits per heavy atom. The van der Waals surface area contributed by atoms with E-state index in [9.17, 15) is 4.79 Å². The average molecular weight is 512 g/mol. The van der Waals surface area contributed by atoms with Crippen LogP contribution in [0.1, 0.15) is 25.0 Å². The lowest BCUT2D eigenvalue weighted by Crippen LogP contribution is -2.49. The molecule has 4 rings (SSSR count). The molecular formula is C27H31Cl2N5O. The molecule has 1 aliphatic rings. The summed E-state index contributed by atoms with van der Waals surface area (Å²) in [6.45, 7) is 10.2. The molecule has 8 heteroatoms. The molecule has 2 heterocycles. The van der Waals surface area contributed by atoms with Crippen molar-refractivity contribution in [1.29, 1.82) is 0 Å². The molecule has 0 radical (unpaired) electrons. The highest BCUT2D eigenvalue weighted by Gasteiger charge is 2.22. The molecular weight excluding hydrogens is 481 g/mol. The summed E-state index contributed by atoms with van der Waals surface area (Å²) in [5, 5.41) is 9.77. The number of hydrogen-bond donors (Lipinski definition) is 0. The maximum atomic E-state index is 12.9. The van der Waals surface area contributed by atoms with Crippen LogP contribution in [-0.2, 0) is 17.8 Å². The SMILES string of the molecule is CCN(CC)Cc1ccc(CC(=O)N2CCN(c3ccc(-c4ccc(Cl)c(Cl)c4)nn3)CC2)cc1. The van der Waals surface area contributed by atoms with Gasteiger partial charge in [-0.3, -0.25) is 9.69 Å². The molecule has 1 saturated heterocycles. The largest absolute Gasteiger partial charge is 0.352 e. The van der Waals surface area contributed by atoms with Crippen molar-refractivity contribution < 1.29 is 4.79 Å². The third-order valence-corrected chi connectivity index (χ3v) is 7.24. The van der Waals surface area contributed by atoms with Gasteiger partial charge in [-0.15, -0.1) is 10.2 Å². The summed E-state index contributed by atoms with van der Waals surface area (Å²) >= 11 is 12.1. The summed E-state index contributed by atoms with van der Waals surface area (Å²) in [6.07, 6.45) is 0.434. The maximum absolute atomic E-state index is 12.9. The second-order valence-corrected chi connectivity index (χ2v) is 9.54. The van der Waals surface area contributed by atoms with Gasteiger partial charge in [-0.1, -0.05) is 67.4 Å². The van der Waals surface area contributed by atoms with Gasteiger partial charge >= 0.3 is 0 Å². The molecule has 0 bridgehead atoms. The van der Waals surface area contributed by atoms with E-state index < -0.39 is 0 Å². The van der Waals surface area contributed by atoms with Crippen LogP contribution >= 0.6 is 23.2 Å². The van der Waals surface area contributed by atoms with Crippen molar-refractivity contribution in [3.8, 4) is 11.3 Å². The van der Waals surface area contributed by atoms with E-state index in [4.69, 9.17) is 23.2 Å². The minimum absolute atomic E-state index is 0.169. The summed E-state index contributed by atoms with van der Waals surface area (Å²) < 4.78 is 0. The number of halogens is 2. The van der Waals surface area contributed by atoms with E-state index in [-0.39, 0.29) is 5.91 Å². The van der Waals surface area contributed by atoms with E-state index in [1.165, 1.54) is 5.56 Å². The third-order valence-electron chi connectivity index (χ3n) is 6.50. The standard InChI is InChI=1S/C27H31Cl2N5O/c1-3-32(4-2)19-21-7-5-20(6-8-21)17-27(35)34-15-13-33(14-16-34)26-12-11-25(30-31-26)22-9-10-23(28)24(29)18-22/h5-12,18H,3-4,13-17,19H2,1-2H3. The Bertz CT molecular complexity index is 1130. The molecule has 0 atom stereocenters. The van der Waals surface area contributed by atoms with Crippen molar-refractivity contribution in [3.63, 3.8) is 0 Å². The van der Waals surface area contributed by atoms with Gasteiger partial charge in [0, 0.05) is 38.3 Å². The monoisotopic (exact) mass is 511 g/mol. The van der Waals surface area contributed by atoms with Gasteiger partial charge in [0.2, 0.25) is 5.91 Å². The molecule has 184 valence electrons. The van der Waals surface area contributed by atoms with E-state index >= 15 is 0 Å². The molecule has 1 amide bonds. The molecule has 0 saturated carbocycles. The van der Waals surface area contributed by atoms with Crippen molar-refractivity contribution in [1.82, 2.24) is 20.0 Å². The predicted molar refractivity (Wildman–Crippen MR) is 143 cm³/mol. The normalized spacial score (nSPS) is 14.0. The first kappa shape index (κ1) is 25.4. The highest BCUT2D eigenvalue weighted by molar-refractivity contribution is 6.42. The number of carbonyl (C=O) groups is 1. The molecule has 6 nitrogen and oxygen atoms in total. The summed E-state index contributed by atoms with van der Waals surface area (Å²) in [7, 11) is 0.